The number of nitrogens with one attached hydrogen (secondary N) is 1. The van der Waals surface area contributed by atoms with Gasteiger partial charge in [-0.15, -0.1) is 0 Å². The highest BCUT2D eigenvalue weighted by atomic mass is 35.5. The first-order chi connectivity index (χ1) is 19.6. The van der Waals surface area contributed by atoms with Crippen LogP contribution in [-0.4, -0.2) is 39.1 Å². The fraction of sp³-hybridized carbons (Fsp3) is 0.382. The van der Waals surface area contributed by atoms with Gasteiger partial charge in [-0.2, -0.15) is 0 Å². The molecule has 5 nitrogen and oxygen atoms in total. The van der Waals surface area contributed by atoms with Crippen molar-refractivity contribution >= 4 is 33.5 Å². The third kappa shape index (κ3) is 6.21. The summed E-state index contributed by atoms with van der Waals surface area (Å²) in [5.41, 5.74) is 6.20. The van der Waals surface area contributed by atoms with E-state index in [4.69, 9.17) is 21.3 Å². The smallest absolute Gasteiger partial charge is 0.148 e. The number of aromatic nitrogens is 3. The molecule has 5 aromatic rings. The van der Waals surface area contributed by atoms with Gasteiger partial charge < -0.3 is 19.2 Å². The van der Waals surface area contributed by atoms with E-state index < -0.39 is 0 Å². The maximum Gasteiger partial charge on any atom is 0.148 e. The molecule has 0 bridgehead atoms. The number of halogens is 1. The zero-order valence-electron chi connectivity index (χ0n) is 23.4. The number of ether oxygens (including phenoxy) is 1. The number of rotatable bonds is 11. The molecule has 1 aliphatic rings. The molecule has 0 aliphatic carbocycles. The second kappa shape index (κ2) is 12.5. The Hall–Kier alpha value is -3.28. The summed E-state index contributed by atoms with van der Waals surface area (Å²) in [6.07, 6.45) is 9.61. The molecule has 6 rings (SSSR count). The van der Waals surface area contributed by atoms with Gasteiger partial charge in [-0.05, 0) is 119 Å². The minimum absolute atomic E-state index is 0.451. The van der Waals surface area contributed by atoms with E-state index >= 15 is 0 Å². The zero-order chi connectivity index (χ0) is 27.3. The second-order valence-corrected chi connectivity index (χ2v) is 11.7. The lowest BCUT2D eigenvalue weighted by molar-refractivity contribution is 0.175. The zero-order valence-corrected chi connectivity index (χ0v) is 24.2. The highest BCUT2D eigenvalue weighted by Crippen LogP contribution is 2.26. The fourth-order valence-corrected chi connectivity index (χ4v) is 6.37. The average Bonchev–Trinajstić information content (AvgIpc) is 3.56. The number of H-pyrrole nitrogens is 1. The Balaban J connectivity index is 0.987. The number of imidazole rings is 1. The van der Waals surface area contributed by atoms with Crippen molar-refractivity contribution in [2.24, 2.45) is 5.92 Å². The molecule has 1 aliphatic heterocycles. The van der Waals surface area contributed by atoms with Crippen molar-refractivity contribution in [2.45, 2.75) is 58.6 Å². The Bertz CT molecular complexity index is 1550. The van der Waals surface area contributed by atoms with Crippen molar-refractivity contribution in [2.75, 3.05) is 19.6 Å². The largest absolute Gasteiger partial charge is 0.486 e. The van der Waals surface area contributed by atoms with Crippen molar-refractivity contribution < 1.29 is 4.74 Å². The highest BCUT2D eigenvalue weighted by Gasteiger charge is 2.20. The molecule has 0 radical (unpaired) electrons. The molecule has 1 N–H and O–H groups in total. The number of likely N-dealkylation sites (tertiary alicyclic amines) is 1. The molecule has 1 fully saturated rings. The number of hydrogen-bond donors (Lipinski definition) is 1. The maximum absolute atomic E-state index is 6.09. The van der Waals surface area contributed by atoms with Crippen LogP contribution in [0.5, 0.6) is 5.75 Å². The van der Waals surface area contributed by atoms with Gasteiger partial charge >= 0.3 is 0 Å². The van der Waals surface area contributed by atoms with Crippen LogP contribution in [0.15, 0.2) is 72.9 Å². The number of fused-ring (bicyclic) bond motifs is 2. The van der Waals surface area contributed by atoms with E-state index in [9.17, 15) is 0 Å². The minimum Gasteiger partial charge on any atom is -0.486 e. The van der Waals surface area contributed by atoms with Crippen molar-refractivity contribution in [1.82, 2.24) is 19.4 Å². The van der Waals surface area contributed by atoms with E-state index in [1.165, 1.54) is 79.3 Å². The van der Waals surface area contributed by atoms with E-state index in [2.05, 4.69) is 70.0 Å². The molecule has 0 atom stereocenters. The number of nitrogens with zero attached hydrogens (tertiary/aromatic N) is 3. The first-order valence-electron chi connectivity index (χ1n) is 14.7. The van der Waals surface area contributed by atoms with E-state index in [0.29, 0.717) is 11.6 Å². The van der Waals surface area contributed by atoms with Gasteiger partial charge in [0.2, 0.25) is 0 Å². The molecule has 0 spiro atoms. The lowest BCUT2D eigenvalue weighted by Crippen LogP contribution is -2.34. The van der Waals surface area contributed by atoms with Crippen molar-refractivity contribution in [3.63, 3.8) is 0 Å². The van der Waals surface area contributed by atoms with Gasteiger partial charge in [0.05, 0.1) is 11.0 Å². The molecule has 40 heavy (non-hydrogen) atoms. The summed E-state index contributed by atoms with van der Waals surface area (Å²) < 4.78 is 8.47. The van der Waals surface area contributed by atoms with Gasteiger partial charge in [0, 0.05) is 28.7 Å². The average molecular weight is 555 g/mol. The molecular formula is C34H39ClN4O. The molecule has 208 valence electrons. The summed E-state index contributed by atoms with van der Waals surface area (Å²) in [5.74, 6) is 2.62. The Morgan fingerprint density at radius 1 is 0.950 bits per heavy atom. The molecule has 6 heteroatoms. The Kier molecular flexibility index (Phi) is 8.40. The highest BCUT2D eigenvalue weighted by molar-refractivity contribution is 6.30. The fourth-order valence-electron chi connectivity index (χ4n) is 6.24. The standard InChI is InChI=1S/C34H39ClN4O/c1-25-7-4-12-32-34(25)37-33(24-40-29-15-13-28(35)14-16-29)39(32)20-5-8-26-17-21-38(22-18-26)19-6-9-27-23-36-31-11-3-2-10-30(27)31/h2-4,7,10-16,23,26,36H,5-6,8-9,17-22,24H2,1H3. The van der Waals surface area contributed by atoms with Crippen LogP contribution in [0, 0.1) is 12.8 Å². The van der Waals surface area contributed by atoms with Crippen LogP contribution in [-0.2, 0) is 19.6 Å². The number of hydrogen-bond acceptors (Lipinski definition) is 3. The van der Waals surface area contributed by atoms with Crippen molar-refractivity contribution in [3.8, 4) is 5.75 Å². The lowest BCUT2D eigenvalue weighted by Gasteiger charge is -2.32. The number of piperidine rings is 1. The quantitative estimate of drug-likeness (QED) is 0.179. The summed E-state index contributed by atoms with van der Waals surface area (Å²) in [7, 11) is 0. The summed E-state index contributed by atoms with van der Waals surface area (Å²) >= 11 is 6.04. The van der Waals surface area contributed by atoms with Crippen molar-refractivity contribution in [3.05, 3.63) is 94.9 Å². The molecule has 0 amide bonds. The molecule has 0 saturated carbocycles. The van der Waals surface area contributed by atoms with E-state index in [0.717, 1.165) is 36.0 Å². The van der Waals surface area contributed by atoms with Gasteiger partial charge in [0.1, 0.15) is 18.2 Å². The molecule has 1 saturated heterocycles. The summed E-state index contributed by atoms with van der Waals surface area (Å²) in [6.45, 7) is 7.22. The number of benzene rings is 3. The second-order valence-electron chi connectivity index (χ2n) is 11.3. The van der Waals surface area contributed by atoms with Gasteiger partial charge in [0.15, 0.2) is 0 Å². The van der Waals surface area contributed by atoms with Crippen molar-refractivity contribution in [1.29, 1.82) is 0 Å². The normalized spacial score (nSPS) is 14.8. The van der Waals surface area contributed by atoms with E-state index in [-0.39, 0.29) is 0 Å². The molecule has 0 unspecified atom stereocenters. The summed E-state index contributed by atoms with van der Waals surface area (Å²) in [6, 6.07) is 22.6. The third-order valence-corrected chi connectivity index (χ3v) is 8.79. The van der Waals surface area contributed by atoms with Gasteiger partial charge in [-0.3, -0.25) is 0 Å². The van der Waals surface area contributed by atoms with Crippen LogP contribution >= 0.6 is 11.6 Å². The number of para-hydroxylation sites is 2. The first kappa shape index (κ1) is 26.9. The predicted molar refractivity (Wildman–Crippen MR) is 165 cm³/mol. The van der Waals surface area contributed by atoms with E-state index in [1.807, 2.05) is 24.3 Å². The van der Waals surface area contributed by atoms with Gasteiger partial charge in [0.25, 0.3) is 0 Å². The van der Waals surface area contributed by atoms with Crippen LogP contribution in [0.1, 0.15) is 49.1 Å². The molecular weight excluding hydrogens is 516 g/mol. The molecule has 3 heterocycles. The monoisotopic (exact) mass is 554 g/mol. The molecule has 3 aromatic carbocycles. The van der Waals surface area contributed by atoms with Crippen LogP contribution in [0.4, 0.5) is 0 Å². The van der Waals surface area contributed by atoms with Crippen LogP contribution in [0.2, 0.25) is 5.02 Å². The Morgan fingerprint density at radius 2 is 1.77 bits per heavy atom. The maximum atomic E-state index is 6.09. The SMILES string of the molecule is Cc1cccc2c1nc(COc1ccc(Cl)cc1)n2CCCC1CCN(CCCc2c[nH]c3ccccc23)CC1. The third-order valence-electron chi connectivity index (χ3n) is 8.54. The topological polar surface area (TPSA) is 46.1 Å². The Labute approximate surface area is 242 Å². The Morgan fingerprint density at radius 3 is 2.62 bits per heavy atom. The molecule has 2 aromatic heterocycles. The van der Waals surface area contributed by atoms with Gasteiger partial charge in [-0.25, -0.2) is 4.98 Å². The predicted octanol–water partition coefficient (Wildman–Crippen LogP) is 8.18. The lowest BCUT2D eigenvalue weighted by atomic mass is 9.92. The number of aromatic amines is 1. The van der Waals surface area contributed by atoms with Gasteiger partial charge in [-0.1, -0.05) is 41.9 Å². The summed E-state index contributed by atoms with van der Waals surface area (Å²) in [5, 5.41) is 2.09. The van der Waals surface area contributed by atoms with Crippen LogP contribution < -0.4 is 4.74 Å². The summed E-state index contributed by atoms with van der Waals surface area (Å²) in [4.78, 5) is 11.1. The first-order valence-corrected chi connectivity index (χ1v) is 15.1. The number of aryl methyl sites for hydroxylation is 3. The van der Waals surface area contributed by atoms with Crippen LogP contribution in [0.3, 0.4) is 0 Å². The minimum atomic E-state index is 0.451. The van der Waals surface area contributed by atoms with E-state index in [1.54, 1.807) is 0 Å². The van der Waals surface area contributed by atoms with Crippen LogP contribution in [0.25, 0.3) is 21.9 Å².